The molecule has 80 valence electrons. The molecule has 0 aliphatic carbocycles. The summed E-state index contributed by atoms with van der Waals surface area (Å²) in [6, 6.07) is 4.16. The second-order valence-corrected chi connectivity index (χ2v) is 4.94. The van der Waals surface area contributed by atoms with Crippen molar-refractivity contribution in [2.24, 2.45) is 0 Å². The Labute approximate surface area is 90.3 Å². The zero-order chi connectivity index (χ0) is 10.4. The van der Waals surface area contributed by atoms with Crippen LogP contribution < -0.4 is 5.32 Å². The molecule has 0 saturated carbocycles. The van der Waals surface area contributed by atoms with Crippen molar-refractivity contribution in [3.63, 3.8) is 0 Å². The number of ether oxygens (including phenoxy) is 1. The molecule has 0 bridgehead atoms. The molecule has 0 saturated heterocycles. The smallest absolute Gasteiger partial charge is 0.0817 e. The summed E-state index contributed by atoms with van der Waals surface area (Å²) in [6.45, 7) is 8.94. The zero-order valence-electron chi connectivity index (χ0n) is 9.17. The van der Waals surface area contributed by atoms with Gasteiger partial charge in [0.25, 0.3) is 0 Å². The molecular weight excluding hydrogens is 194 g/mol. The summed E-state index contributed by atoms with van der Waals surface area (Å²) in [6.07, 6.45) is 0. The molecule has 0 aliphatic rings. The molecule has 3 heteroatoms. The van der Waals surface area contributed by atoms with Gasteiger partial charge in [-0.2, -0.15) is 0 Å². The Kier molecular flexibility index (Phi) is 4.58. The van der Waals surface area contributed by atoms with E-state index in [9.17, 15) is 0 Å². The summed E-state index contributed by atoms with van der Waals surface area (Å²) in [5, 5.41) is 5.38. The number of thiophene rings is 1. The molecule has 1 rings (SSSR count). The van der Waals surface area contributed by atoms with Crippen LogP contribution in [0, 0.1) is 0 Å². The first-order valence-corrected chi connectivity index (χ1v) is 5.89. The van der Waals surface area contributed by atoms with Crippen LogP contribution in [-0.2, 0) is 11.3 Å². The third-order valence-electron chi connectivity index (χ3n) is 1.99. The highest BCUT2D eigenvalue weighted by Crippen LogP contribution is 2.15. The lowest BCUT2D eigenvalue weighted by Crippen LogP contribution is -2.37. The summed E-state index contributed by atoms with van der Waals surface area (Å²) >= 11 is 1.74. The van der Waals surface area contributed by atoms with Gasteiger partial charge in [-0.05, 0) is 31.8 Å². The summed E-state index contributed by atoms with van der Waals surface area (Å²) in [5.74, 6) is 0. The van der Waals surface area contributed by atoms with Gasteiger partial charge in [-0.1, -0.05) is 13.0 Å². The van der Waals surface area contributed by atoms with E-state index in [2.05, 4.69) is 43.6 Å². The third kappa shape index (κ3) is 4.22. The lowest BCUT2D eigenvalue weighted by Gasteiger charge is -2.25. The molecule has 0 amide bonds. The molecule has 2 nitrogen and oxygen atoms in total. The molecule has 0 radical (unpaired) electrons. The van der Waals surface area contributed by atoms with Gasteiger partial charge in [-0.3, -0.25) is 0 Å². The van der Waals surface area contributed by atoms with E-state index in [1.165, 1.54) is 4.88 Å². The normalized spacial score (nSPS) is 11.9. The average Bonchev–Trinajstić information content (AvgIpc) is 2.64. The van der Waals surface area contributed by atoms with Crippen LogP contribution >= 0.6 is 11.3 Å². The highest BCUT2D eigenvalue weighted by atomic mass is 32.1. The van der Waals surface area contributed by atoms with Crippen LogP contribution in [0.1, 0.15) is 25.6 Å². The summed E-state index contributed by atoms with van der Waals surface area (Å²) < 4.78 is 5.82. The van der Waals surface area contributed by atoms with E-state index >= 15 is 0 Å². The highest BCUT2D eigenvalue weighted by molar-refractivity contribution is 7.09. The summed E-state index contributed by atoms with van der Waals surface area (Å²) in [5.41, 5.74) is -0.0833. The number of nitrogens with one attached hydrogen (secondary N) is 1. The maximum Gasteiger partial charge on any atom is 0.0817 e. The van der Waals surface area contributed by atoms with Crippen molar-refractivity contribution in [1.82, 2.24) is 5.32 Å². The third-order valence-corrected chi connectivity index (χ3v) is 2.84. The lowest BCUT2D eigenvalue weighted by molar-refractivity contribution is -0.0263. The maximum atomic E-state index is 5.82. The second-order valence-electron chi connectivity index (χ2n) is 3.91. The molecule has 0 aromatic carbocycles. The lowest BCUT2D eigenvalue weighted by atomic mass is 10.1. The fourth-order valence-electron chi connectivity index (χ4n) is 1.14. The van der Waals surface area contributed by atoms with Gasteiger partial charge in [0.1, 0.15) is 0 Å². The van der Waals surface area contributed by atoms with Gasteiger partial charge < -0.3 is 10.1 Å². The fourth-order valence-corrected chi connectivity index (χ4v) is 1.75. The van der Waals surface area contributed by atoms with Gasteiger partial charge in [0.05, 0.1) is 12.2 Å². The Morgan fingerprint density at radius 1 is 1.50 bits per heavy atom. The first kappa shape index (κ1) is 11.7. The van der Waals surface area contributed by atoms with Crippen LogP contribution in [-0.4, -0.2) is 18.7 Å². The van der Waals surface area contributed by atoms with Crippen molar-refractivity contribution in [2.45, 2.75) is 33.0 Å². The van der Waals surface area contributed by atoms with Crippen molar-refractivity contribution in [1.29, 1.82) is 0 Å². The van der Waals surface area contributed by atoms with E-state index < -0.39 is 0 Å². The van der Waals surface area contributed by atoms with Crippen molar-refractivity contribution in [3.05, 3.63) is 22.4 Å². The van der Waals surface area contributed by atoms with E-state index in [-0.39, 0.29) is 5.60 Å². The molecule has 0 spiro atoms. The molecule has 1 aromatic heterocycles. The number of rotatable bonds is 6. The van der Waals surface area contributed by atoms with Crippen molar-refractivity contribution < 1.29 is 4.74 Å². The quantitative estimate of drug-likeness (QED) is 0.784. The van der Waals surface area contributed by atoms with Gasteiger partial charge in [0.2, 0.25) is 0 Å². The Morgan fingerprint density at radius 2 is 2.29 bits per heavy atom. The van der Waals surface area contributed by atoms with Gasteiger partial charge in [0.15, 0.2) is 0 Å². The predicted octanol–water partition coefficient (Wildman–Crippen LogP) is 2.65. The standard InChI is InChI=1S/C11H19NOS/c1-4-12-9-11(2,3)13-8-10-6-5-7-14-10/h5-7,12H,4,8-9H2,1-3H3. The first-order chi connectivity index (χ1) is 6.64. The molecule has 0 unspecified atom stereocenters. The molecule has 0 aliphatic heterocycles. The number of hydrogen-bond acceptors (Lipinski definition) is 3. The number of likely N-dealkylation sites (N-methyl/N-ethyl adjacent to an activating group) is 1. The zero-order valence-corrected chi connectivity index (χ0v) is 9.99. The van der Waals surface area contributed by atoms with Crippen LogP contribution in [0.2, 0.25) is 0 Å². The van der Waals surface area contributed by atoms with Crippen molar-refractivity contribution in [3.8, 4) is 0 Å². The minimum atomic E-state index is -0.0833. The molecule has 1 aromatic rings. The predicted molar refractivity (Wildman–Crippen MR) is 61.7 cm³/mol. The average molecular weight is 213 g/mol. The van der Waals surface area contributed by atoms with Gasteiger partial charge in [-0.15, -0.1) is 11.3 Å². The van der Waals surface area contributed by atoms with E-state index in [1.54, 1.807) is 11.3 Å². The van der Waals surface area contributed by atoms with Crippen LogP contribution in [0.25, 0.3) is 0 Å². The van der Waals surface area contributed by atoms with Gasteiger partial charge >= 0.3 is 0 Å². The van der Waals surface area contributed by atoms with Crippen molar-refractivity contribution >= 4 is 11.3 Å². The van der Waals surface area contributed by atoms with Crippen LogP contribution in [0.4, 0.5) is 0 Å². The van der Waals surface area contributed by atoms with E-state index in [0.29, 0.717) is 0 Å². The Bertz CT molecular complexity index is 244. The van der Waals surface area contributed by atoms with E-state index in [4.69, 9.17) is 4.74 Å². The van der Waals surface area contributed by atoms with E-state index in [1.807, 2.05) is 0 Å². The van der Waals surface area contributed by atoms with Crippen LogP contribution in [0.15, 0.2) is 17.5 Å². The van der Waals surface area contributed by atoms with E-state index in [0.717, 1.165) is 19.7 Å². The monoisotopic (exact) mass is 213 g/mol. The molecule has 1 heterocycles. The molecule has 14 heavy (non-hydrogen) atoms. The Morgan fingerprint density at radius 3 is 2.86 bits per heavy atom. The molecule has 0 atom stereocenters. The van der Waals surface area contributed by atoms with Gasteiger partial charge in [-0.25, -0.2) is 0 Å². The van der Waals surface area contributed by atoms with Crippen molar-refractivity contribution in [2.75, 3.05) is 13.1 Å². The fraction of sp³-hybridized carbons (Fsp3) is 0.636. The molecular formula is C11H19NOS. The minimum absolute atomic E-state index is 0.0833. The summed E-state index contributed by atoms with van der Waals surface area (Å²) in [7, 11) is 0. The highest BCUT2D eigenvalue weighted by Gasteiger charge is 2.17. The molecule has 0 fully saturated rings. The second kappa shape index (κ2) is 5.49. The maximum absolute atomic E-state index is 5.82. The first-order valence-electron chi connectivity index (χ1n) is 5.01. The Balaban J connectivity index is 2.28. The largest absolute Gasteiger partial charge is 0.369 e. The summed E-state index contributed by atoms with van der Waals surface area (Å²) in [4.78, 5) is 1.29. The minimum Gasteiger partial charge on any atom is -0.369 e. The van der Waals surface area contributed by atoms with Gasteiger partial charge in [0, 0.05) is 11.4 Å². The van der Waals surface area contributed by atoms with Crippen LogP contribution in [0.5, 0.6) is 0 Å². The van der Waals surface area contributed by atoms with Crippen LogP contribution in [0.3, 0.4) is 0 Å². The number of hydrogen-bond donors (Lipinski definition) is 1. The topological polar surface area (TPSA) is 21.3 Å². The Hall–Kier alpha value is -0.380. The SMILES string of the molecule is CCNCC(C)(C)OCc1cccs1. The molecule has 1 N–H and O–H groups in total.